The van der Waals surface area contributed by atoms with Crippen molar-refractivity contribution in [3.8, 4) is 0 Å². The molecule has 21 heavy (non-hydrogen) atoms. The van der Waals surface area contributed by atoms with Crippen LogP contribution in [-0.2, 0) is 9.59 Å². The first-order chi connectivity index (χ1) is 9.86. The third-order valence-corrected chi connectivity index (χ3v) is 4.20. The van der Waals surface area contributed by atoms with Crippen molar-refractivity contribution < 1.29 is 19.2 Å². The molecule has 6 nitrogen and oxygen atoms in total. The van der Waals surface area contributed by atoms with E-state index in [1.54, 1.807) is 25.1 Å². The summed E-state index contributed by atoms with van der Waals surface area (Å²) in [4.78, 5) is 49.6. The van der Waals surface area contributed by atoms with Crippen LogP contribution in [0.15, 0.2) is 18.2 Å². The number of rotatable bonds is 1. The van der Waals surface area contributed by atoms with Crippen molar-refractivity contribution in [2.45, 2.75) is 32.2 Å². The summed E-state index contributed by atoms with van der Waals surface area (Å²) in [6.07, 6.45) is 0.247. The monoisotopic (exact) mass is 286 g/mol. The van der Waals surface area contributed by atoms with E-state index >= 15 is 0 Å². The van der Waals surface area contributed by atoms with E-state index in [9.17, 15) is 19.2 Å². The summed E-state index contributed by atoms with van der Waals surface area (Å²) in [5.41, 5.74) is 0.0247. The van der Waals surface area contributed by atoms with E-state index in [2.05, 4.69) is 5.32 Å². The van der Waals surface area contributed by atoms with E-state index < -0.39 is 23.3 Å². The average molecular weight is 286 g/mol. The predicted octanol–water partition coefficient (Wildman–Crippen LogP) is 0.786. The SMILES string of the molecule is Cc1cccc2c1C(=O)N(C1(C)CCC(=O)NC1=O)C2=O. The number of carbonyl (C=O) groups excluding carboxylic acids is 4. The van der Waals surface area contributed by atoms with E-state index in [0.717, 1.165) is 4.90 Å². The van der Waals surface area contributed by atoms with Crippen molar-refractivity contribution in [2.24, 2.45) is 0 Å². The van der Waals surface area contributed by atoms with Crippen molar-refractivity contribution in [3.05, 3.63) is 34.9 Å². The number of nitrogens with zero attached hydrogens (tertiary/aromatic N) is 1. The molecule has 0 spiro atoms. The van der Waals surface area contributed by atoms with Crippen LogP contribution in [0.3, 0.4) is 0 Å². The molecule has 0 aromatic heterocycles. The van der Waals surface area contributed by atoms with Gasteiger partial charge in [-0.05, 0) is 31.9 Å². The van der Waals surface area contributed by atoms with Crippen LogP contribution >= 0.6 is 0 Å². The van der Waals surface area contributed by atoms with E-state index in [1.807, 2.05) is 0 Å². The van der Waals surface area contributed by atoms with Gasteiger partial charge in [0.25, 0.3) is 17.7 Å². The molecular weight excluding hydrogens is 272 g/mol. The maximum absolute atomic E-state index is 12.6. The summed E-state index contributed by atoms with van der Waals surface area (Å²) in [7, 11) is 0. The van der Waals surface area contributed by atoms with Crippen LogP contribution in [-0.4, -0.2) is 34.1 Å². The van der Waals surface area contributed by atoms with Crippen LogP contribution in [0.4, 0.5) is 0 Å². The molecule has 0 aliphatic carbocycles. The van der Waals surface area contributed by atoms with Crippen molar-refractivity contribution in [1.29, 1.82) is 0 Å². The molecule has 3 rings (SSSR count). The fourth-order valence-corrected chi connectivity index (χ4v) is 2.91. The Balaban J connectivity index is 2.08. The second-order valence-corrected chi connectivity index (χ2v) is 5.59. The van der Waals surface area contributed by atoms with Gasteiger partial charge < -0.3 is 0 Å². The molecule has 4 amide bonds. The Kier molecular flexibility index (Phi) is 2.73. The van der Waals surface area contributed by atoms with Crippen LogP contribution < -0.4 is 5.32 Å². The summed E-state index contributed by atoms with van der Waals surface area (Å²) >= 11 is 0. The lowest BCUT2D eigenvalue weighted by atomic mass is 9.89. The molecule has 1 unspecified atom stereocenters. The minimum atomic E-state index is -1.33. The third-order valence-electron chi connectivity index (χ3n) is 4.20. The Labute approximate surface area is 121 Å². The smallest absolute Gasteiger partial charge is 0.262 e. The molecule has 0 bridgehead atoms. The Hall–Kier alpha value is -2.50. The lowest BCUT2D eigenvalue weighted by molar-refractivity contribution is -0.140. The van der Waals surface area contributed by atoms with Crippen LogP contribution in [0.5, 0.6) is 0 Å². The number of nitrogens with one attached hydrogen (secondary N) is 1. The third kappa shape index (κ3) is 1.72. The number of carbonyl (C=O) groups is 4. The number of fused-ring (bicyclic) bond motifs is 1. The molecule has 1 aromatic carbocycles. The molecule has 1 N–H and O–H groups in total. The lowest BCUT2D eigenvalue weighted by Crippen LogP contribution is -2.62. The van der Waals surface area contributed by atoms with Crippen molar-refractivity contribution in [1.82, 2.24) is 10.2 Å². The number of imide groups is 2. The summed E-state index contributed by atoms with van der Waals surface area (Å²) in [6, 6.07) is 5.04. The number of hydrogen-bond acceptors (Lipinski definition) is 4. The van der Waals surface area contributed by atoms with Crippen LogP contribution in [0.1, 0.15) is 46.0 Å². The Morgan fingerprint density at radius 3 is 2.48 bits per heavy atom. The van der Waals surface area contributed by atoms with Crippen molar-refractivity contribution >= 4 is 23.6 Å². The standard InChI is InChI=1S/C15H14N2O4/c1-8-4-3-5-9-11(8)13(20)17(12(9)19)15(2)7-6-10(18)16-14(15)21/h3-5H,6-7H2,1-2H3,(H,16,18,21). The quantitative estimate of drug-likeness (QED) is 0.773. The average Bonchev–Trinajstić information content (AvgIpc) is 2.68. The molecule has 2 aliphatic heterocycles. The second kappa shape index (κ2) is 4.25. The summed E-state index contributed by atoms with van der Waals surface area (Å²) < 4.78 is 0. The van der Waals surface area contributed by atoms with Crippen molar-refractivity contribution in [2.75, 3.05) is 0 Å². The molecule has 0 saturated carbocycles. The normalized spacial score (nSPS) is 25.1. The second-order valence-electron chi connectivity index (χ2n) is 5.59. The molecule has 6 heteroatoms. The number of hydrogen-bond donors (Lipinski definition) is 1. The molecule has 0 radical (unpaired) electrons. The molecule has 108 valence electrons. The van der Waals surface area contributed by atoms with Gasteiger partial charge in [0.15, 0.2) is 0 Å². The van der Waals surface area contributed by atoms with Gasteiger partial charge in [0.2, 0.25) is 5.91 Å². The minimum Gasteiger partial charge on any atom is -0.294 e. The van der Waals surface area contributed by atoms with E-state index in [0.29, 0.717) is 16.7 Å². The van der Waals surface area contributed by atoms with Gasteiger partial charge >= 0.3 is 0 Å². The van der Waals surface area contributed by atoms with Gasteiger partial charge in [-0.1, -0.05) is 12.1 Å². The first-order valence-electron chi connectivity index (χ1n) is 6.69. The van der Waals surface area contributed by atoms with Gasteiger partial charge in [0.05, 0.1) is 11.1 Å². The fraction of sp³-hybridized carbons (Fsp3) is 0.333. The van der Waals surface area contributed by atoms with Gasteiger partial charge in [-0.15, -0.1) is 0 Å². The summed E-state index contributed by atoms with van der Waals surface area (Å²) in [5.74, 6) is -1.94. The Morgan fingerprint density at radius 2 is 1.86 bits per heavy atom. The number of aryl methyl sites for hydroxylation is 1. The highest BCUT2D eigenvalue weighted by atomic mass is 16.2. The fourth-order valence-electron chi connectivity index (χ4n) is 2.91. The molecule has 1 atom stereocenters. The van der Waals surface area contributed by atoms with Crippen LogP contribution in [0.2, 0.25) is 0 Å². The molecule has 2 heterocycles. The first-order valence-corrected chi connectivity index (χ1v) is 6.69. The highest BCUT2D eigenvalue weighted by molar-refractivity contribution is 6.24. The number of benzene rings is 1. The first kappa shape index (κ1) is 13.5. The highest BCUT2D eigenvalue weighted by Gasteiger charge is 2.52. The van der Waals surface area contributed by atoms with E-state index in [4.69, 9.17) is 0 Å². The van der Waals surface area contributed by atoms with E-state index in [-0.39, 0.29) is 18.7 Å². The molecule has 1 fully saturated rings. The lowest BCUT2D eigenvalue weighted by Gasteiger charge is -2.38. The zero-order valence-corrected chi connectivity index (χ0v) is 11.7. The molecule has 1 saturated heterocycles. The van der Waals surface area contributed by atoms with Gasteiger partial charge in [-0.25, -0.2) is 0 Å². The predicted molar refractivity (Wildman–Crippen MR) is 72.5 cm³/mol. The number of piperidine rings is 1. The van der Waals surface area contributed by atoms with Gasteiger partial charge in [-0.3, -0.25) is 29.4 Å². The summed E-state index contributed by atoms with van der Waals surface area (Å²) in [5, 5.41) is 2.21. The van der Waals surface area contributed by atoms with Crippen LogP contribution in [0, 0.1) is 6.92 Å². The van der Waals surface area contributed by atoms with E-state index in [1.165, 1.54) is 6.92 Å². The van der Waals surface area contributed by atoms with Gasteiger partial charge in [-0.2, -0.15) is 0 Å². The highest BCUT2D eigenvalue weighted by Crippen LogP contribution is 2.35. The topological polar surface area (TPSA) is 83.6 Å². The number of amides is 4. The van der Waals surface area contributed by atoms with Crippen LogP contribution in [0.25, 0.3) is 0 Å². The van der Waals surface area contributed by atoms with Gasteiger partial charge in [0.1, 0.15) is 5.54 Å². The minimum absolute atomic E-state index is 0.106. The molecule has 2 aliphatic rings. The van der Waals surface area contributed by atoms with Crippen molar-refractivity contribution in [3.63, 3.8) is 0 Å². The largest absolute Gasteiger partial charge is 0.294 e. The summed E-state index contributed by atoms with van der Waals surface area (Å²) in [6.45, 7) is 3.27. The Bertz CT molecular complexity index is 710. The Morgan fingerprint density at radius 1 is 1.14 bits per heavy atom. The van der Waals surface area contributed by atoms with Gasteiger partial charge in [0, 0.05) is 6.42 Å². The zero-order valence-electron chi connectivity index (χ0n) is 11.7. The zero-order chi connectivity index (χ0) is 15.4. The maximum atomic E-state index is 12.6. The molecule has 1 aromatic rings. The molecular formula is C15H14N2O4. The maximum Gasteiger partial charge on any atom is 0.262 e.